The van der Waals surface area contributed by atoms with Gasteiger partial charge in [0, 0.05) is 5.56 Å². The third-order valence-corrected chi connectivity index (χ3v) is 2.11. The maximum Gasteiger partial charge on any atom is 0.241 e. The van der Waals surface area contributed by atoms with Crippen LogP contribution in [0.25, 0.3) is 11.4 Å². The second-order valence-corrected chi connectivity index (χ2v) is 3.20. The number of hydrogen-bond donors (Lipinski definition) is 0. The van der Waals surface area contributed by atoms with Gasteiger partial charge in [0.2, 0.25) is 11.7 Å². The molecule has 0 bridgehead atoms. The fourth-order valence-corrected chi connectivity index (χ4v) is 1.31. The van der Waals surface area contributed by atoms with E-state index < -0.39 is 5.82 Å². The number of hydrogen-bond acceptors (Lipinski definition) is 5. The Hall–Kier alpha value is -2.42. The molecule has 0 saturated carbocycles. The third kappa shape index (κ3) is 2.23. The summed E-state index contributed by atoms with van der Waals surface area (Å²) >= 11 is 0. The smallest absolute Gasteiger partial charge is 0.241 e. The Morgan fingerprint density at radius 3 is 3.06 bits per heavy atom. The normalized spacial score (nSPS) is 9.94. The molecule has 0 unspecified atom stereocenters. The van der Waals surface area contributed by atoms with E-state index in [0.717, 1.165) is 0 Å². The van der Waals surface area contributed by atoms with Crippen LogP contribution in [-0.2, 0) is 6.42 Å². The standard InChI is InChI=1S/C11H8FN3O2/c1-16-9-6-7(2-3-8(9)12)11-14-10(4-5-13)17-15-11/h2-3,6H,4H2,1H3. The van der Waals surface area contributed by atoms with E-state index in [2.05, 4.69) is 10.1 Å². The lowest BCUT2D eigenvalue weighted by Crippen LogP contribution is -1.89. The predicted octanol–water partition coefficient (Wildman–Crippen LogP) is 1.95. The van der Waals surface area contributed by atoms with Crippen molar-refractivity contribution in [2.24, 2.45) is 0 Å². The second kappa shape index (κ2) is 4.61. The van der Waals surface area contributed by atoms with Gasteiger partial charge in [0.15, 0.2) is 11.6 Å². The summed E-state index contributed by atoms with van der Waals surface area (Å²) in [4.78, 5) is 4.00. The molecule has 0 N–H and O–H groups in total. The fourth-order valence-electron chi connectivity index (χ4n) is 1.31. The number of nitriles is 1. The van der Waals surface area contributed by atoms with Crippen molar-refractivity contribution in [2.45, 2.75) is 6.42 Å². The van der Waals surface area contributed by atoms with Crippen LogP contribution in [-0.4, -0.2) is 17.3 Å². The summed E-state index contributed by atoms with van der Waals surface area (Å²) in [6.07, 6.45) is 0.0470. The molecule has 17 heavy (non-hydrogen) atoms. The van der Waals surface area contributed by atoms with Crippen LogP contribution >= 0.6 is 0 Å². The van der Waals surface area contributed by atoms with Crippen molar-refractivity contribution in [1.82, 2.24) is 10.1 Å². The molecule has 0 radical (unpaired) electrons. The number of rotatable bonds is 3. The van der Waals surface area contributed by atoms with Gasteiger partial charge in [-0.15, -0.1) is 0 Å². The number of methoxy groups -OCH3 is 1. The molecule has 2 aromatic rings. The van der Waals surface area contributed by atoms with Gasteiger partial charge in [0.1, 0.15) is 6.42 Å². The zero-order chi connectivity index (χ0) is 12.3. The highest BCUT2D eigenvalue weighted by Gasteiger charge is 2.11. The Morgan fingerprint density at radius 1 is 1.53 bits per heavy atom. The first kappa shape index (κ1) is 11.1. The van der Waals surface area contributed by atoms with Crippen molar-refractivity contribution >= 4 is 0 Å². The van der Waals surface area contributed by atoms with Gasteiger partial charge in [-0.1, -0.05) is 5.16 Å². The highest BCUT2D eigenvalue weighted by atomic mass is 19.1. The van der Waals surface area contributed by atoms with Crippen molar-refractivity contribution < 1.29 is 13.7 Å². The number of halogens is 1. The van der Waals surface area contributed by atoms with Crippen LogP contribution in [0.4, 0.5) is 4.39 Å². The van der Waals surface area contributed by atoms with Gasteiger partial charge in [0.05, 0.1) is 13.2 Å². The van der Waals surface area contributed by atoms with Crippen molar-refractivity contribution in [2.75, 3.05) is 7.11 Å². The van der Waals surface area contributed by atoms with Crippen molar-refractivity contribution in [3.63, 3.8) is 0 Å². The Labute approximate surface area is 96.4 Å². The molecule has 2 rings (SSSR count). The fraction of sp³-hybridized carbons (Fsp3) is 0.182. The summed E-state index contributed by atoms with van der Waals surface area (Å²) in [5, 5.41) is 12.2. The van der Waals surface area contributed by atoms with E-state index in [1.54, 1.807) is 0 Å². The van der Waals surface area contributed by atoms with Gasteiger partial charge in [-0.05, 0) is 18.2 Å². The number of ether oxygens (including phenoxy) is 1. The quantitative estimate of drug-likeness (QED) is 0.810. The molecule has 1 aromatic carbocycles. The molecule has 0 amide bonds. The number of nitrogens with zero attached hydrogens (tertiary/aromatic N) is 3. The minimum atomic E-state index is -0.461. The zero-order valence-electron chi connectivity index (χ0n) is 8.98. The minimum Gasteiger partial charge on any atom is -0.494 e. The Balaban J connectivity index is 2.36. The third-order valence-electron chi connectivity index (χ3n) is 2.11. The SMILES string of the molecule is COc1cc(-c2noc(CC#N)n2)ccc1F. The average molecular weight is 233 g/mol. The molecule has 0 saturated heterocycles. The summed E-state index contributed by atoms with van der Waals surface area (Å²) in [6, 6.07) is 6.14. The predicted molar refractivity (Wildman–Crippen MR) is 55.6 cm³/mol. The maximum atomic E-state index is 13.2. The van der Waals surface area contributed by atoms with Crippen LogP contribution in [0.5, 0.6) is 5.75 Å². The lowest BCUT2D eigenvalue weighted by atomic mass is 10.2. The molecular weight excluding hydrogens is 225 g/mol. The van der Waals surface area contributed by atoms with E-state index in [1.807, 2.05) is 6.07 Å². The Kier molecular flexibility index (Phi) is 3.01. The summed E-state index contributed by atoms with van der Waals surface area (Å²) < 4.78 is 22.9. The molecule has 86 valence electrons. The molecule has 0 aliphatic heterocycles. The molecular formula is C11H8FN3O2. The van der Waals surface area contributed by atoms with Crippen LogP contribution in [0.3, 0.4) is 0 Å². The van der Waals surface area contributed by atoms with E-state index in [0.29, 0.717) is 11.4 Å². The summed E-state index contributed by atoms with van der Waals surface area (Å²) in [7, 11) is 1.37. The highest BCUT2D eigenvalue weighted by molar-refractivity contribution is 5.57. The molecule has 6 heteroatoms. The maximum absolute atomic E-state index is 13.2. The van der Waals surface area contributed by atoms with E-state index >= 15 is 0 Å². The van der Waals surface area contributed by atoms with Crippen LogP contribution in [0.2, 0.25) is 0 Å². The van der Waals surface area contributed by atoms with Crippen LogP contribution in [0, 0.1) is 17.1 Å². The van der Waals surface area contributed by atoms with Crippen LogP contribution < -0.4 is 4.74 Å². The van der Waals surface area contributed by atoms with E-state index in [9.17, 15) is 4.39 Å². The minimum absolute atomic E-state index is 0.0470. The van der Waals surface area contributed by atoms with Crippen molar-refractivity contribution in [3.05, 3.63) is 29.9 Å². The van der Waals surface area contributed by atoms with Gasteiger partial charge in [0.25, 0.3) is 0 Å². The zero-order valence-corrected chi connectivity index (χ0v) is 8.98. The van der Waals surface area contributed by atoms with Gasteiger partial charge in [-0.3, -0.25) is 0 Å². The summed E-state index contributed by atoms with van der Waals surface area (Å²) in [5.74, 6) is 0.172. The van der Waals surface area contributed by atoms with Gasteiger partial charge < -0.3 is 9.26 Å². The first-order valence-corrected chi connectivity index (χ1v) is 4.78. The lowest BCUT2D eigenvalue weighted by molar-refractivity contribution is 0.385. The topological polar surface area (TPSA) is 71.9 Å². The number of aromatic nitrogens is 2. The molecule has 0 spiro atoms. The molecule has 0 atom stereocenters. The van der Waals surface area contributed by atoms with Gasteiger partial charge >= 0.3 is 0 Å². The van der Waals surface area contributed by atoms with E-state index in [-0.39, 0.29) is 18.1 Å². The van der Waals surface area contributed by atoms with E-state index in [4.69, 9.17) is 14.5 Å². The molecule has 0 aliphatic carbocycles. The Morgan fingerprint density at radius 2 is 2.35 bits per heavy atom. The first-order valence-electron chi connectivity index (χ1n) is 4.78. The molecule has 0 fully saturated rings. The van der Waals surface area contributed by atoms with Crippen LogP contribution in [0.15, 0.2) is 22.7 Å². The van der Waals surface area contributed by atoms with Crippen LogP contribution in [0.1, 0.15) is 5.89 Å². The largest absolute Gasteiger partial charge is 0.494 e. The number of benzene rings is 1. The average Bonchev–Trinajstić information content (AvgIpc) is 2.79. The molecule has 1 heterocycles. The first-order chi connectivity index (χ1) is 8.24. The van der Waals surface area contributed by atoms with Gasteiger partial charge in [-0.2, -0.15) is 10.2 Å². The monoisotopic (exact) mass is 233 g/mol. The second-order valence-electron chi connectivity index (χ2n) is 3.20. The summed E-state index contributed by atoms with van der Waals surface area (Å²) in [5.41, 5.74) is 0.566. The highest BCUT2D eigenvalue weighted by Crippen LogP contribution is 2.24. The molecule has 5 nitrogen and oxygen atoms in total. The van der Waals surface area contributed by atoms with Gasteiger partial charge in [-0.25, -0.2) is 4.39 Å². The molecule has 1 aromatic heterocycles. The lowest BCUT2D eigenvalue weighted by Gasteiger charge is -2.02. The Bertz CT molecular complexity index is 574. The van der Waals surface area contributed by atoms with Crippen molar-refractivity contribution in [3.8, 4) is 23.2 Å². The van der Waals surface area contributed by atoms with E-state index in [1.165, 1.54) is 25.3 Å². The summed E-state index contributed by atoms with van der Waals surface area (Å²) in [6.45, 7) is 0. The van der Waals surface area contributed by atoms with Crippen molar-refractivity contribution in [1.29, 1.82) is 5.26 Å². The molecule has 0 aliphatic rings.